The van der Waals surface area contributed by atoms with Crippen LogP contribution in [0, 0.1) is 0 Å². The number of rotatable bonds is 5. The van der Waals surface area contributed by atoms with Crippen LogP contribution in [0.2, 0.25) is 0 Å². The van der Waals surface area contributed by atoms with Crippen molar-refractivity contribution in [3.8, 4) is 5.75 Å². The van der Waals surface area contributed by atoms with Gasteiger partial charge < -0.3 is 19.7 Å². The molecule has 33 heavy (non-hydrogen) atoms. The zero-order valence-corrected chi connectivity index (χ0v) is 18.4. The molecule has 0 spiro atoms. The fourth-order valence-electron chi connectivity index (χ4n) is 4.79. The maximum Gasteiger partial charge on any atom is 0.157 e. The number of pyridine rings is 1. The van der Waals surface area contributed by atoms with Gasteiger partial charge in [0.25, 0.3) is 0 Å². The smallest absolute Gasteiger partial charge is 0.157 e. The summed E-state index contributed by atoms with van der Waals surface area (Å²) >= 11 is 0. The third kappa shape index (κ3) is 4.16. The van der Waals surface area contributed by atoms with Crippen LogP contribution in [0.25, 0.3) is 16.7 Å². The number of fused-ring (bicyclic) bond motifs is 2. The molecule has 3 aromatic heterocycles. The van der Waals surface area contributed by atoms with Crippen molar-refractivity contribution in [1.82, 2.24) is 24.6 Å². The van der Waals surface area contributed by atoms with Crippen molar-refractivity contribution in [3.05, 3.63) is 49.1 Å². The lowest BCUT2D eigenvalue weighted by molar-refractivity contribution is 0.122. The molecule has 0 amide bonds. The van der Waals surface area contributed by atoms with Gasteiger partial charge in [0.05, 0.1) is 24.8 Å². The van der Waals surface area contributed by atoms with Crippen molar-refractivity contribution in [2.75, 3.05) is 36.5 Å². The summed E-state index contributed by atoms with van der Waals surface area (Å²) in [6.45, 7) is 3.24. The van der Waals surface area contributed by atoms with E-state index in [1.54, 1.807) is 18.7 Å². The molecule has 9 nitrogen and oxygen atoms in total. The highest BCUT2D eigenvalue weighted by Gasteiger charge is 2.24. The summed E-state index contributed by atoms with van der Waals surface area (Å²) < 4.78 is 13.9. The van der Waals surface area contributed by atoms with Crippen LogP contribution in [0.1, 0.15) is 25.7 Å². The van der Waals surface area contributed by atoms with Crippen molar-refractivity contribution in [2.24, 2.45) is 0 Å². The van der Waals surface area contributed by atoms with Crippen LogP contribution in [-0.4, -0.2) is 63.0 Å². The van der Waals surface area contributed by atoms with Gasteiger partial charge in [-0.2, -0.15) is 9.61 Å². The molecule has 170 valence electrons. The Morgan fingerprint density at radius 3 is 2.70 bits per heavy atom. The maximum absolute atomic E-state index is 6.54. The standard InChI is InChI=1S/C24H27N7O2/c1-2-22-27-16-28-31(22)23(3-1)29-17-4-6-19(7-5-17)33-21-15-18(30-10-12-32-13-11-30)14-20-24(21)26-9-8-25-20/h1-3,8-9,14-17,19,29H,4-7,10-13H2/t17-,19+. The van der Waals surface area contributed by atoms with Crippen LogP contribution in [0.4, 0.5) is 11.5 Å². The lowest BCUT2D eigenvalue weighted by atomic mass is 9.93. The normalized spacial score (nSPS) is 21.4. The molecule has 2 fully saturated rings. The maximum atomic E-state index is 6.54. The van der Waals surface area contributed by atoms with Crippen molar-refractivity contribution < 1.29 is 9.47 Å². The highest BCUT2D eigenvalue weighted by molar-refractivity contribution is 5.85. The number of nitrogens with zero attached hydrogens (tertiary/aromatic N) is 6. The van der Waals surface area contributed by atoms with Gasteiger partial charge in [-0.05, 0) is 43.9 Å². The summed E-state index contributed by atoms with van der Waals surface area (Å²) in [6.07, 6.45) is 9.24. The lowest BCUT2D eigenvalue weighted by Crippen LogP contribution is -2.36. The molecular weight excluding hydrogens is 418 g/mol. The second-order valence-corrected chi connectivity index (χ2v) is 8.64. The third-order valence-electron chi connectivity index (χ3n) is 6.52. The highest BCUT2D eigenvalue weighted by Crippen LogP contribution is 2.33. The molecule has 9 heteroatoms. The zero-order chi connectivity index (χ0) is 22.0. The average molecular weight is 446 g/mol. The molecule has 4 heterocycles. The van der Waals surface area contributed by atoms with Crippen LogP contribution < -0.4 is 15.0 Å². The summed E-state index contributed by atoms with van der Waals surface area (Å²) in [5, 5.41) is 7.96. The monoisotopic (exact) mass is 445 g/mol. The van der Waals surface area contributed by atoms with E-state index in [-0.39, 0.29) is 6.10 Å². The minimum atomic E-state index is 0.162. The minimum absolute atomic E-state index is 0.162. The Morgan fingerprint density at radius 1 is 0.970 bits per heavy atom. The topological polar surface area (TPSA) is 89.7 Å². The van der Waals surface area contributed by atoms with Gasteiger partial charge >= 0.3 is 0 Å². The summed E-state index contributed by atoms with van der Waals surface area (Å²) in [7, 11) is 0. The fraction of sp³-hybridized carbons (Fsp3) is 0.417. The minimum Gasteiger partial charge on any atom is -0.488 e. The molecule has 1 saturated heterocycles. The quantitative estimate of drug-likeness (QED) is 0.500. The van der Waals surface area contributed by atoms with E-state index in [0.29, 0.717) is 6.04 Å². The van der Waals surface area contributed by atoms with E-state index in [1.807, 2.05) is 22.7 Å². The van der Waals surface area contributed by atoms with E-state index in [1.165, 1.54) is 0 Å². The molecule has 4 aromatic rings. The van der Waals surface area contributed by atoms with E-state index in [4.69, 9.17) is 9.47 Å². The number of nitrogens with one attached hydrogen (secondary N) is 1. The van der Waals surface area contributed by atoms with E-state index < -0.39 is 0 Å². The number of anilines is 2. The number of hydrogen-bond acceptors (Lipinski definition) is 8. The predicted molar refractivity (Wildman–Crippen MR) is 126 cm³/mol. The Morgan fingerprint density at radius 2 is 1.82 bits per heavy atom. The van der Waals surface area contributed by atoms with E-state index in [9.17, 15) is 0 Å². The van der Waals surface area contributed by atoms with Crippen molar-refractivity contribution >= 4 is 28.2 Å². The van der Waals surface area contributed by atoms with Crippen LogP contribution in [0.15, 0.2) is 49.1 Å². The average Bonchev–Trinajstić information content (AvgIpc) is 3.36. The summed E-state index contributed by atoms with van der Waals surface area (Å²) in [5.41, 5.74) is 3.67. The Labute approximate surface area is 191 Å². The number of benzene rings is 1. The molecule has 2 aliphatic rings. The van der Waals surface area contributed by atoms with Crippen LogP contribution in [-0.2, 0) is 4.74 Å². The number of morpholine rings is 1. The summed E-state index contributed by atoms with van der Waals surface area (Å²) in [4.78, 5) is 15.7. The first-order valence-corrected chi connectivity index (χ1v) is 11.6. The molecular formula is C24H27N7O2. The first kappa shape index (κ1) is 20.2. The van der Waals surface area contributed by atoms with Gasteiger partial charge in [-0.15, -0.1) is 0 Å². The SMILES string of the molecule is c1cc(N[C@H]2CC[C@@H](Oc3cc(N4CCOCC4)cc4nccnc34)CC2)n2ncnc2c1. The predicted octanol–water partition coefficient (Wildman–Crippen LogP) is 3.31. The van der Waals surface area contributed by atoms with Crippen LogP contribution in [0.5, 0.6) is 5.75 Å². The Bertz CT molecular complexity index is 1250. The largest absolute Gasteiger partial charge is 0.488 e. The Hall–Kier alpha value is -3.46. The van der Waals surface area contributed by atoms with Crippen LogP contribution >= 0.6 is 0 Å². The van der Waals surface area contributed by atoms with Crippen molar-refractivity contribution in [1.29, 1.82) is 0 Å². The second-order valence-electron chi connectivity index (χ2n) is 8.64. The first-order valence-electron chi connectivity index (χ1n) is 11.6. The van der Waals surface area contributed by atoms with Gasteiger partial charge in [-0.25, -0.2) is 9.97 Å². The Balaban J connectivity index is 1.16. The van der Waals surface area contributed by atoms with E-state index in [0.717, 1.165) is 85.9 Å². The van der Waals surface area contributed by atoms with Gasteiger partial charge in [-0.1, -0.05) is 6.07 Å². The molecule has 0 unspecified atom stereocenters. The van der Waals surface area contributed by atoms with E-state index in [2.05, 4.69) is 42.4 Å². The molecule has 1 aromatic carbocycles. The van der Waals surface area contributed by atoms with E-state index >= 15 is 0 Å². The molecule has 1 aliphatic heterocycles. The lowest BCUT2D eigenvalue weighted by Gasteiger charge is -2.31. The van der Waals surface area contributed by atoms with Crippen molar-refractivity contribution in [3.63, 3.8) is 0 Å². The summed E-state index contributed by atoms with van der Waals surface area (Å²) in [6, 6.07) is 10.6. The molecule has 0 bridgehead atoms. The van der Waals surface area contributed by atoms with Crippen LogP contribution in [0.3, 0.4) is 0 Å². The first-order chi connectivity index (χ1) is 16.3. The molecule has 0 radical (unpaired) electrons. The number of ether oxygens (including phenoxy) is 2. The van der Waals surface area contributed by atoms with Gasteiger partial charge in [-0.3, -0.25) is 4.98 Å². The summed E-state index contributed by atoms with van der Waals surface area (Å²) in [5.74, 6) is 1.81. The second kappa shape index (κ2) is 8.82. The van der Waals surface area contributed by atoms with Crippen molar-refractivity contribution in [2.45, 2.75) is 37.8 Å². The fourth-order valence-corrected chi connectivity index (χ4v) is 4.79. The molecule has 1 saturated carbocycles. The molecule has 1 N–H and O–H groups in total. The number of hydrogen-bond donors (Lipinski definition) is 1. The Kier molecular flexibility index (Phi) is 5.39. The van der Waals surface area contributed by atoms with Gasteiger partial charge in [0.2, 0.25) is 0 Å². The van der Waals surface area contributed by atoms with Gasteiger partial charge in [0.1, 0.15) is 23.4 Å². The molecule has 0 atom stereocenters. The molecule has 6 rings (SSSR count). The zero-order valence-electron chi connectivity index (χ0n) is 18.4. The third-order valence-corrected chi connectivity index (χ3v) is 6.52. The highest BCUT2D eigenvalue weighted by atomic mass is 16.5. The van der Waals surface area contributed by atoms with Gasteiger partial charge in [0, 0.05) is 43.3 Å². The number of aromatic nitrogens is 5. The van der Waals surface area contributed by atoms with Gasteiger partial charge in [0.15, 0.2) is 5.65 Å². The molecule has 1 aliphatic carbocycles.